The summed E-state index contributed by atoms with van der Waals surface area (Å²) in [5, 5.41) is 13.3. The van der Waals surface area contributed by atoms with E-state index in [-0.39, 0.29) is 11.9 Å². The molecule has 0 spiro atoms. The van der Waals surface area contributed by atoms with Crippen molar-refractivity contribution < 1.29 is 9.50 Å². The van der Waals surface area contributed by atoms with E-state index in [1.54, 1.807) is 48.8 Å². The largest absolute Gasteiger partial charge is 0.387 e. The standard InChI is InChI=1S/C17H19FN2O/c1-2-5-16(14-6-3-4-7-15(14)18)20-12-17(21)13-8-10-19-11-9-13/h2-4,6-11,16-17,20-21H,1,5,12H2. The summed E-state index contributed by atoms with van der Waals surface area (Å²) in [5.41, 5.74) is 1.36. The zero-order valence-corrected chi connectivity index (χ0v) is 11.7. The number of benzene rings is 1. The maximum Gasteiger partial charge on any atom is 0.127 e. The lowest BCUT2D eigenvalue weighted by atomic mass is 10.0. The van der Waals surface area contributed by atoms with Crippen LogP contribution >= 0.6 is 0 Å². The van der Waals surface area contributed by atoms with E-state index >= 15 is 0 Å². The molecule has 2 aromatic rings. The summed E-state index contributed by atoms with van der Waals surface area (Å²) in [4.78, 5) is 3.92. The summed E-state index contributed by atoms with van der Waals surface area (Å²) in [6.07, 6.45) is 4.94. The SMILES string of the molecule is C=CCC(NCC(O)c1ccncc1)c1ccccc1F. The molecule has 0 saturated carbocycles. The molecule has 0 fully saturated rings. The van der Waals surface area contributed by atoms with Crippen molar-refractivity contribution in [3.63, 3.8) is 0 Å². The van der Waals surface area contributed by atoms with Gasteiger partial charge in [-0.15, -0.1) is 6.58 Å². The lowest BCUT2D eigenvalue weighted by molar-refractivity contribution is 0.169. The van der Waals surface area contributed by atoms with Crippen LogP contribution in [0.25, 0.3) is 0 Å². The van der Waals surface area contributed by atoms with E-state index in [0.29, 0.717) is 18.5 Å². The third kappa shape index (κ3) is 4.21. The van der Waals surface area contributed by atoms with E-state index < -0.39 is 6.10 Å². The van der Waals surface area contributed by atoms with E-state index in [9.17, 15) is 9.50 Å². The lowest BCUT2D eigenvalue weighted by Crippen LogP contribution is -2.27. The highest BCUT2D eigenvalue weighted by atomic mass is 19.1. The van der Waals surface area contributed by atoms with Crippen LogP contribution < -0.4 is 5.32 Å². The fraction of sp³-hybridized carbons (Fsp3) is 0.235. The molecule has 0 saturated heterocycles. The van der Waals surface area contributed by atoms with Crippen LogP contribution in [0, 0.1) is 5.82 Å². The Hall–Kier alpha value is -2.04. The molecule has 0 aliphatic heterocycles. The second-order valence-corrected chi connectivity index (χ2v) is 4.80. The summed E-state index contributed by atoms with van der Waals surface area (Å²) in [7, 11) is 0. The van der Waals surface area contributed by atoms with Gasteiger partial charge in [-0.25, -0.2) is 4.39 Å². The van der Waals surface area contributed by atoms with Crippen molar-refractivity contribution in [1.29, 1.82) is 0 Å². The van der Waals surface area contributed by atoms with E-state index in [1.165, 1.54) is 6.07 Å². The van der Waals surface area contributed by atoms with Gasteiger partial charge in [0.15, 0.2) is 0 Å². The normalized spacial score (nSPS) is 13.6. The van der Waals surface area contributed by atoms with Crippen molar-refractivity contribution in [3.05, 3.63) is 78.4 Å². The Bertz CT molecular complexity index is 574. The zero-order valence-electron chi connectivity index (χ0n) is 11.7. The predicted octanol–water partition coefficient (Wildman–Crippen LogP) is 3.16. The molecule has 2 unspecified atom stereocenters. The van der Waals surface area contributed by atoms with Gasteiger partial charge in [-0.05, 0) is 30.2 Å². The predicted molar refractivity (Wildman–Crippen MR) is 81.2 cm³/mol. The minimum atomic E-state index is -0.660. The van der Waals surface area contributed by atoms with E-state index in [2.05, 4.69) is 16.9 Å². The number of aromatic nitrogens is 1. The van der Waals surface area contributed by atoms with Crippen molar-refractivity contribution >= 4 is 0 Å². The minimum absolute atomic E-state index is 0.208. The molecule has 0 radical (unpaired) electrons. The van der Waals surface area contributed by atoms with Crippen molar-refractivity contribution in [2.75, 3.05) is 6.54 Å². The number of hydrogen-bond acceptors (Lipinski definition) is 3. The first-order chi connectivity index (χ1) is 10.2. The Morgan fingerprint density at radius 3 is 2.62 bits per heavy atom. The maximum absolute atomic E-state index is 13.9. The van der Waals surface area contributed by atoms with Crippen LogP contribution in [0.3, 0.4) is 0 Å². The highest BCUT2D eigenvalue weighted by Gasteiger charge is 2.15. The number of hydrogen-bond donors (Lipinski definition) is 2. The van der Waals surface area contributed by atoms with Crippen LogP contribution in [0.5, 0.6) is 0 Å². The first kappa shape index (κ1) is 15.4. The summed E-state index contributed by atoms with van der Waals surface area (Å²) >= 11 is 0. The zero-order chi connectivity index (χ0) is 15.1. The van der Waals surface area contributed by atoms with Crippen LogP contribution in [-0.4, -0.2) is 16.6 Å². The van der Waals surface area contributed by atoms with Gasteiger partial charge in [0.1, 0.15) is 5.82 Å². The van der Waals surface area contributed by atoms with Gasteiger partial charge in [-0.3, -0.25) is 4.98 Å². The van der Waals surface area contributed by atoms with Gasteiger partial charge in [0.05, 0.1) is 6.10 Å². The highest BCUT2D eigenvalue weighted by Crippen LogP contribution is 2.21. The molecule has 3 nitrogen and oxygen atoms in total. The third-order valence-corrected chi connectivity index (χ3v) is 3.33. The fourth-order valence-electron chi connectivity index (χ4n) is 2.20. The molecule has 21 heavy (non-hydrogen) atoms. The molecule has 1 heterocycles. The molecule has 2 atom stereocenters. The molecule has 1 aromatic heterocycles. The Morgan fingerprint density at radius 2 is 1.95 bits per heavy atom. The Kier molecular flexibility index (Phi) is 5.60. The monoisotopic (exact) mass is 286 g/mol. The van der Waals surface area contributed by atoms with Gasteiger partial charge in [0.25, 0.3) is 0 Å². The number of nitrogens with zero attached hydrogens (tertiary/aromatic N) is 1. The smallest absolute Gasteiger partial charge is 0.127 e. The van der Waals surface area contributed by atoms with E-state index in [4.69, 9.17) is 0 Å². The maximum atomic E-state index is 13.9. The fourth-order valence-corrected chi connectivity index (χ4v) is 2.20. The van der Waals surface area contributed by atoms with Crippen LogP contribution in [-0.2, 0) is 0 Å². The molecule has 0 bridgehead atoms. The van der Waals surface area contributed by atoms with Gasteiger partial charge in [-0.1, -0.05) is 24.3 Å². The molecular weight excluding hydrogens is 267 g/mol. The van der Waals surface area contributed by atoms with Crippen LogP contribution in [0.15, 0.2) is 61.4 Å². The van der Waals surface area contributed by atoms with Crippen LogP contribution in [0.4, 0.5) is 4.39 Å². The number of rotatable bonds is 7. The van der Waals surface area contributed by atoms with Crippen LogP contribution in [0.2, 0.25) is 0 Å². The van der Waals surface area contributed by atoms with E-state index in [0.717, 1.165) is 5.56 Å². The number of aliphatic hydroxyl groups is 1. The average molecular weight is 286 g/mol. The lowest BCUT2D eigenvalue weighted by Gasteiger charge is -2.20. The van der Waals surface area contributed by atoms with E-state index in [1.807, 2.05) is 0 Å². The van der Waals surface area contributed by atoms with Crippen molar-refractivity contribution in [2.24, 2.45) is 0 Å². The second kappa shape index (κ2) is 7.67. The summed E-state index contributed by atoms with van der Waals surface area (Å²) in [5.74, 6) is -0.254. The first-order valence-corrected chi connectivity index (χ1v) is 6.89. The third-order valence-electron chi connectivity index (χ3n) is 3.33. The number of halogens is 1. The number of pyridine rings is 1. The molecule has 1 aromatic carbocycles. The van der Waals surface area contributed by atoms with Gasteiger partial charge < -0.3 is 10.4 Å². The molecule has 2 N–H and O–H groups in total. The molecule has 0 amide bonds. The first-order valence-electron chi connectivity index (χ1n) is 6.89. The van der Waals surface area contributed by atoms with Gasteiger partial charge in [0.2, 0.25) is 0 Å². The second-order valence-electron chi connectivity index (χ2n) is 4.80. The highest BCUT2D eigenvalue weighted by molar-refractivity contribution is 5.22. The van der Waals surface area contributed by atoms with Crippen molar-refractivity contribution in [3.8, 4) is 0 Å². The summed E-state index contributed by atoms with van der Waals surface area (Å²) < 4.78 is 13.9. The Labute approximate surface area is 124 Å². The van der Waals surface area contributed by atoms with Gasteiger partial charge >= 0.3 is 0 Å². The molecule has 0 aliphatic carbocycles. The molecule has 110 valence electrons. The quantitative estimate of drug-likeness (QED) is 0.769. The molecule has 0 aliphatic rings. The van der Waals surface area contributed by atoms with Crippen LogP contribution in [0.1, 0.15) is 29.7 Å². The number of nitrogens with one attached hydrogen (secondary N) is 1. The molecular formula is C17H19FN2O. The van der Waals surface area contributed by atoms with Crippen molar-refractivity contribution in [1.82, 2.24) is 10.3 Å². The number of aliphatic hydroxyl groups excluding tert-OH is 1. The molecule has 2 rings (SSSR count). The minimum Gasteiger partial charge on any atom is -0.387 e. The van der Waals surface area contributed by atoms with Gasteiger partial charge in [0, 0.05) is 30.5 Å². The molecule has 4 heteroatoms. The summed E-state index contributed by atoms with van der Waals surface area (Å²) in [6, 6.07) is 9.96. The topological polar surface area (TPSA) is 45.1 Å². The van der Waals surface area contributed by atoms with Gasteiger partial charge in [-0.2, -0.15) is 0 Å². The average Bonchev–Trinajstić information content (AvgIpc) is 2.53. The van der Waals surface area contributed by atoms with Crippen molar-refractivity contribution in [2.45, 2.75) is 18.6 Å². The Morgan fingerprint density at radius 1 is 1.24 bits per heavy atom. The summed E-state index contributed by atoms with van der Waals surface area (Å²) in [6.45, 7) is 4.04. The Balaban J connectivity index is 2.04.